The average molecular weight is 355 g/mol. The molecule has 0 amide bonds. The van der Waals surface area contributed by atoms with Crippen molar-refractivity contribution in [2.45, 2.75) is 97.7 Å². The second-order valence-electron chi connectivity index (χ2n) is 7.77. The van der Waals surface area contributed by atoms with Gasteiger partial charge in [-0.1, -0.05) is 53.2 Å². The first kappa shape index (κ1) is 22.2. The summed E-state index contributed by atoms with van der Waals surface area (Å²) < 4.78 is 0. The van der Waals surface area contributed by atoms with Crippen molar-refractivity contribution in [1.82, 2.24) is 0 Å². The van der Waals surface area contributed by atoms with E-state index in [2.05, 4.69) is 46.8 Å². The predicted octanol–water partition coefficient (Wildman–Crippen LogP) is 5.77. The van der Waals surface area contributed by atoms with Crippen LogP contribution < -0.4 is 0 Å². The van der Waals surface area contributed by atoms with E-state index in [4.69, 9.17) is 14.9 Å². The predicted molar refractivity (Wildman–Crippen MR) is 101 cm³/mol. The third kappa shape index (κ3) is 7.10. The molecule has 1 aliphatic heterocycles. The van der Waals surface area contributed by atoms with Gasteiger partial charge in [-0.2, -0.15) is 0 Å². The molecule has 5 atom stereocenters. The fraction of sp³-hybridized carbons (Fsp3) is 0.857. The van der Waals surface area contributed by atoms with Crippen molar-refractivity contribution in [3.05, 3.63) is 12.2 Å². The van der Waals surface area contributed by atoms with Crippen LogP contribution in [0.15, 0.2) is 12.2 Å². The van der Waals surface area contributed by atoms with Crippen LogP contribution >= 0.6 is 0 Å². The highest BCUT2D eigenvalue weighted by Gasteiger charge is 2.43. The van der Waals surface area contributed by atoms with Crippen molar-refractivity contribution < 1.29 is 19.7 Å². The summed E-state index contributed by atoms with van der Waals surface area (Å²) in [5.41, 5.74) is -0.276. The first-order valence-electron chi connectivity index (χ1n) is 10.1. The Kier molecular flexibility index (Phi) is 9.73. The molecule has 0 radical (unpaired) electrons. The molecule has 25 heavy (non-hydrogen) atoms. The Labute approximate surface area is 153 Å². The molecule has 0 aliphatic carbocycles. The Hall–Kier alpha value is -0.870. The van der Waals surface area contributed by atoms with E-state index in [1.165, 1.54) is 0 Å². The van der Waals surface area contributed by atoms with E-state index in [1.807, 2.05) is 0 Å². The molecule has 0 aromatic rings. The fourth-order valence-electron chi connectivity index (χ4n) is 4.08. The average Bonchev–Trinajstić information content (AvgIpc) is 2.59. The Morgan fingerprint density at radius 2 is 2.04 bits per heavy atom. The van der Waals surface area contributed by atoms with Crippen LogP contribution in [-0.2, 0) is 14.6 Å². The summed E-state index contributed by atoms with van der Waals surface area (Å²) in [5, 5.41) is 9.07. The molecule has 146 valence electrons. The summed E-state index contributed by atoms with van der Waals surface area (Å²) in [6.45, 7) is 11.0. The first-order valence-corrected chi connectivity index (χ1v) is 10.1. The molecule has 0 spiro atoms. The minimum absolute atomic E-state index is 0.0214. The number of rotatable bonds is 11. The Morgan fingerprint density at radius 3 is 2.56 bits per heavy atom. The number of hydrogen-bond acceptors (Lipinski definition) is 3. The van der Waals surface area contributed by atoms with Crippen molar-refractivity contribution in [2.75, 3.05) is 0 Å². The van der Waals surface area contributed by atoms with E-state index in [0.717, 1.165) is 44.9 Å². The van der Waals surface area contributed by atoms with Crippen molar-refractivity contribution in [2.24, 2.45) is 17.8 Å². The zero-order valence-corrected chi connectivity index (χ0v) is 16.8. The minimum Gasteiger partial charge on any atom is -0.481 e. The molecule has 0 unspecified atom stereocenters. The largest absolute Gasteiger partial charge is 0.481 e. The van der Waals surface area contributed by atoms with Crippen molar-refractivity contribution in [3.8, 4) is 0 Å². The number of hydrogen-bond donors (Lipinski definition) is 1. The molecule has 1 fully saturated rings. The molecule has 0 aromatic carbocycles. The lowest BCUT2D eigenvalue weighted by Gasteiger charge is -2.43. The minimum atomic E-state index is -0.821. The summed E-state index contributed by atoms with van der Waals surface area (Å²) >= 11 is 0. The third-order valence-electron chi connectivity index (χ3n) is 5.65. The summed E-state index contributed by atoms with van der Waals surface area (Å²) in [5.74, 6) is 0.593. The highest BCUT2D eigenvalue weighted by atomic mass is 17.2. The number of carboxylic acid groups (broad SMARTS) is 1. The van der Waals surface area contributed by atoms with Gasteiger partial charge in [-0.3, -0.25) is 4.79 Å². The van der Waals surface area contributed by atoms with Crippen molar-refractivity contribution >= 4 is 5.97 Å². The Bertz CT molecular complexity index is 420. The van der Waals surface area contributed by atoms with Crippen molar-refractivity contribution in [3.63, 3.8) is 0 Å². The van der Waals surface area contributed by atoms with Crippen LogP contribution in [0, 0.1) is 17.8 Å². The first-order chi connectivity index (χ1) is 11.9. The molecule has 1 aliphatic rings. The van der Waals surface area contributed by atoms with Gasteiger partial charge in [-0.05, 0) is 56.3 Å². The van der Waals surface area contributed by atoms with Crippen LogP contribution in [0.3, 0.4) is 0 Å². The lowest BCUT2D eigenvalue weighted by molar-refractivity contribution is -0.424. The van der Waals surface area contributed by atoms with E-state index in [9.17, 15) is 4.79 Å². The highest BCUT2D eigenvalue weighted by molar-refractivity contribution is 5.67. The van der Waals surface area contributed by atoms with Gasteiger partial charge in [0.25, 0.3) is 0 Å². The third-order valence-corrected chi connectivity index (χ3v) is 5.65. The summed E-state index contributed by atoms with van der Waals surface area (Å²) in [4.78, 5) is 22.5. The summed E-state index contributed by atoms with van der Waals surface area (Å²) in [6.07, 6.45) is 11.4. The van der Waals surface area contributed by atoms with E-state index in [1.54, 1.807) is 0 Å². The smallest absolute Gasteiger partial charge is 0.306 e. The Morgan fingerprint density at radius 1 is 1.32 bits per heavy atom. The molecule has 0 bridgehead atoms. The molecular weight excluding hydrogens is 316 g/mol. The van der Waals surface area contributed by atoms with Crippen LogP contribution in [0.25, 0.3) is 0 Å². The second kappa shape index (κ2) is 11.0. The van der Waals surface area contributed by atoms with Crippen LogP contribution in [0.5, 0.6) is 0 Å². The van der Waals surface area contributed by atoms with E-state index in [-0.39, 0.29) is 24.0 Å². The normalized spacial score (nSPS) is 29.6. The number of allylic oxidation sites excluding steroid dienone is 2. The van der Waals surface area contributed by atoms with Gasteiger partial charge in [0, 0.05) is 0 Å². The summed E-state index contributed by atoms with van der Waals surface area (Å²) in [6, 6.07) is 0. The monoisotopic (exact) mass is 354 g/mol. The van der Waals surface area contributed by atoms with Gasteiger partial charge in [-0.15, -0.1) is 0 Å². The maximum Gasteiger partial charge on any atom is 0.306 e. The van der Waals surface area contributed by atoms with E-state index >= 15 is 0 Å². The van der Waals surface area contributed by atoms with Gasteiger partial charge in [0.1, 0.15) is 11.7 Å². The molecule has 1 rings (SSSR count). The molecule has 0 aromatic heterocycles. The number of aliphatic carboxylic acids is 1. The zero-order chi connectivity index (χ0) is 18.9. The molecule has 1 N–H and O–H groups in total. The van der Waals surface area contributed by atoms with E-state index < -0.39 is 5.97 Å². The number of carboxylic acids is 1. The fourth-order valence-corrected chi connectivity index (χ4v) is 4.08. The SMILES string of the molecule is CC/C=C/[C@@H](CC)C[C@@H](C)C[C@]1(CC)C[C@@H](CC)[C@H](CC(=O)O)OO1. The van der Waals surface area contributed by atoms with Gasteiger partial charge < -0.3 is 5.11 Å². The van der Waals surface area contributed by atoms with Gasteiger partial charge in [0.2, 0.25) is 0 Å². The van der Waals surface area contributed by atoms with Gasteiger partial charge >= 0.3 is 5.97 Å². The maximum atomic E-state index is 11.0. The van der Waals surface area contributed by atoms with Gasteiger partial charge in [-0.25, -0.2) is 9.78 Å². The maximum absolute atomic E-state index is 11.0. The van der Waals surface area contributed by atoms with Crippen LogP contribution in [0.2, 0.25) is 0 Å². The molecule has 1 heterocycles. The lowest BCUT2D eigenvalue weighted by atomic mass is 9.76. The van der Waals surface area contributed by atoms with Crippen LogP contribution in [0.4, 0.5) is 0 Å². The molecule has 0 saturated carbocycles. The number of carbonyl (C=O) groups is 1. The highest BCUT2D eigenvalue weighted by Crippen LogP contribution is 2.41. The van der Waals surface area contributed by atoms with Crippen molar-refractivity contribution in [1.29, 1.82) is 0 Å². The topological polar surface area (TPSA) is 55.8 Å². The molecule has 4 heteroatoms. The van der Waals surface area contributed by atoms with Crippen LogP contribution in [-0.4, -0.2) is 22.8 Å². The quantitative estimate of drug-likeness (QED) is 0.378. The molecule has 4 nitrogen and oxygen atoms in total. The molecule has 1 saturated heterocycles. The lowest BCUT2D eigenvalue weighted by Crippen LogP contribution is -2.46. The summed E-state index contributed by atoms with van der Waals surface area (Å²) in [7, 11) is 0. The van der Waals surface area contributed by atoms with Gasteiger partial charge in [0.05, 0.1) is 6.42 Å². The zero-order valence-electron chi connectivity index (χ0n) is 16.8. The standard InChI is InChI=1S/C21H38O4/c1-6-10-11-17(7-2)12-16(5)14-21(9-4)15-18(8-3)19(24-25-21)13-20(22)23/h10-11,16-19H,6-9,12-15H2,1-5H3,(H,22,23)/b11-10+/t16-,17-,18-,19+,21-/m1/s1. The second-order valence-corrected chi connectivity index (χ2v) is 7.77. The van der Waals surface area contributed by atoms with Gasteiger partial charge in [0.15, 0.2) is 0 Å². The Balaban J connectivity index is 2.70. The van der Waals surface area contributed by atoms with E-state index in [0.29, 0.717) is 11.8 Å². The molecular formula is C21H38O4. The van der Waals surface area contributed by atoms with Crippen LogP contribution in [0.1, 0.15) is 86.0 Å².